The Kier molecular flexibility index (Phi) is 3.14. The number of rotatable bonds is 3. The van der Waals surface area contributed by atoms with Crippen LogP contribution in [0.2, 0.25) is 0 Å². The third-order valence-electron chi connectivity index (χ3n) is 3.06. The molecule has 1 aromatic heterocycles. The Morgan fingerprint density at radius 2 is 2.31 bits per heavy atom. The summed E-state index contributed by atoms with van der Waals surface area (Å²) in [6.45, 7) is 2.01. The number of aromatic nitrogens is 1. The first kappa shape index (κ1) is 11.0. The Morgan fingerprint density at radius 1 is 1.50 bits per heavy atom. The van der Waals surface area contributed by atoms with Crippen LogP contribution in [0.5, 0.6) is 0 Å². The average molecular weight is 220 g/mol. The number of likely N-dealkylation sites (N-methyl/N-ethyl adjacent to an activating group) is 1. The Bertz CT molecular complexity index is 363. The predicted octanol–water partition coefficient (Wildman–Crippen LogP) is 1.62. The van der Waals surface area contributed by atoms with Gasteiger partial charge in [0.25, 0.3) is 0 Å². The smallest absolute Gasteiger partial charge is 0.128 e. The van der Waals surface area contributed by atoms with Crippen molar-refractivity contribution in [2.45, 2.75) is 12.5 Å². The summed E-state index contributed by atoms with van der Waals surface area (Å²) in [5.74, 6) is 0.928. The molecule has 5 nitrogen and oxygen atoms in total. The number of hydrogen-bond donors (Lipinski definition) is 0. The van der Waals surface area contributed by atoms with Gasteiger partial charge < -0.3 is 9.80 Å². The summed E-state index contributed by atoms with van der Waals surface area (Å²) in [7, 11) is 4.20. The molecule has 1 aliphatic rings. The van der Waals surface area contributed by atoms with Gasteiger partial charge in [-0.1, -0.05) is 0 Å². The first-order valence-corrected chi connectivity index (χ1v) is 5.41. The van der Waals surface area contributed by atoms with Crippen LogP contribution in [0.3, 0.4) is 0 Å². The van der Waals surface area contributed by atoms with E-state index in [0.29, 0.717) is 11.7 Å². The topological polar surface area (TPSA) is 48.8 Å². The third-order valence-corrected chi connectivity index (χ3v) is 3.06. The molecule has 0 amide bonds. The molecule has 0 radical (unpaired) electrons. The van der Waals surface area contributed by atoms with Crippen molar-refractivity contribution in [2.24, 2.45) is 5.18 Å². The van der Waals surface area contributed by atoms with Crippen LogP contribution in [0, 0.1) is 4.91 Å². The van der Waals surface area contributed by atoms with Crippen molar-refractivity contribution in [2.75, 3.05) is 32.1 Å². The molecule has 1 saturated heterocycles. The summed E-state index contributed by atoms with van der Waals surface area (Å²) in [4.78, 5) is 19.0. The summed E-state index contributed by atoms with van der Waals surface area (Å²) in [5.41, 5.74) is 0.382. The Balaban J connectivity index is 2.05. The fourth-order valence-electron chi connectivity index (χ4n) is 1.99. The highest BCUT2D eigenvalue weighted by molar-refractivity contribution is 5.46. The lowest BCUT2D eigenvalue weighted by atomic mass is 10.2. The second-order valence-corrected chi connectivity index (χ2v) is 4.32. The normalized spacial score (nSPS) is 20.4. The van der Waals surface area contributed by atoms with Crippen LogP contribution in [0.15, 0.2) is 23.5 Å². The van der Waals surface area contributed by atoms with Crippen LogP contribution >= 0.6 is 0 Å². The minimum absolute atomic E-state index is 0.382. The second kappa shape index (κ2) is 4.57. The van der Waals surface area contributed by atoms with Crippen LogP contribution in [0.25, 0.3) is 0 Å². The first-order valence-electron chi connectivity index (χ1n) is 5.41. The molecule has 1 aliphatic heterocycles. The maximum atomic E-state index is 10.3. The molecule has 1 fully saturated rings. The van der Waals surface area contributed by atoms with Crippen LogP contribution in [-0.2, 0) is 0 Å². The molecular weight excluding hydrogens is 204 g/mol. The lowest BCUT2D eigenvalue weighted by Gasteiger charge is -2.20. The molecule has 0 N–H and O–H groups in total. The van der Waals surface area contributed by atoms with Crippen LogP contribution in [0.4, 0.5) is 11.5 Å². The molecule has 0 spiro atoms. The van der Waals surface area contributed by atoms with Crippen molar-refractivity contribution in [1.82, 2.24) is 9.88 Å². The van der Waals surface area contributed by atoms with Gasteiger partial charge in [0.1, 0.15) is 11.5 Å². The van der Waals surface area contributed by atoms with Gasteiger partial charge in [0, 0.05) is 19.1 Å². The van der Waals surface area contributed by atoms with Crippen LogP contribution < -0.4 is 4.90 Å². The fourth-order valence-corrected chi connectivity index (χ4v) is 1.99. The van der Waals surface area contributed by atoms with E-state index in [-0.39, 0.29) is 0 Å². The molecule has 2 rings (SSSR count). The highest BCUT2D eigenvalue weighted by atomic mass is 16.3. The van der Waals surface area contributed by atoms with E-state index in [0.717, 1.165) is 25.3 Å². The molecule has 16 heavy (non-hydrogen) atoms. The van der Waals surface area contributed by atoms with E-state index in [1.807, 2.05) is 6.07 Å². The molecule has 0 aliphatic carbocycles. The minimum Gasteiger partial charge on any atom is -0.355 e. The van der Waals surface area contributed by atoms with Crippen molar-refractivity contribution in [3.63, 3.8) is 0 Å². The van der Waals surface area contributed by atoms with Gasteiger partial charge in [-0.2, -0.15) is 0 Å². The van der Waals surface area contributed by atoms with Gasteiger partial charge >= 0.3 is 0 Å². The number of nitroso groups, excluding NO2 is 1. The second-order valence-electron chi connectivity index (χ2n) is 4.32. The summed E-state index contributed by atoms with van der Waals surface area (Å²) in [6, 6.07) is 4.15. The van der Waals surface area contributed by atoms with Gasteiger partial charge in [-0.15, -0.1) is 4.91 Å². The van der Waals surface area contributed by atoms with Crippen molar-refractivity contribution in [3.05, 3.63) is 23.2 Å². The quantitative estimate of drug-likeness (QED) is 0.726. The first-order chi connectivity index (χ1) is 7.70. The summed E-state index contributed by atoms with van der Waals surface area (Å²) in [5, 5.41) is 2.84. The monoisotopic (exact) mass is 220 g/mol. The average Bonchev–Trinajstić information content (AvgIpc) is 2.78. The maximum absolute atomic E-state index is 10.3. The lowest BCUT2D eigenvalue weighted by molar-refractivity contribution is 0.315. The molecule has 0 saturated carbocycles. The van der Waals surface area contributed by atoms with Crippen molar-refractivity contribution in [3.8, 4) is 0 Å². The third kappa shape index (κ3) is 2.19. The molecule has 0 bridgehead atoms. The number of anilines is 1. The van der Waals surface area contributed by atoms with E-state index in [4.69, 9.17) is 0 Å². The van der Waals surface area contributed by atoms with Crippen molar-refractivity contribution < 1.29 is 0 Å². The molecule has 0 unspecified atom stereocenters. The van der Waals surface area contributed by atoms with E-state index in [1.165, 1.54) is 6.20 Å². The molecule has 86 valence electrons. The van der Waals surface area contributed by atoms with E-state index in [1.54, 1.807) is 6.07 Å². The Morgan fingerprint density at radius 3 is 2.81 bits per heavy atom. The number of pyridine rings is 1. The minimum atomic E-state index is 0.382. The largest absolute Gasteiger partial charge is 0.355 e. The zero-order valence-corrected chi connectivity index (χ0v) is 9.63. The zero-order valence-electron chi connectivity index (χ0n) is 9.63. The van der Waals surface area contributed by atoms with Gasteiger partial charge in [-0.05, 0) is 37.8 Å². The van der Waals surface area contributed by atoms with E-state index < -0.39 is 0 Å². The zero-order chi connectivity index (χ0) is 11.5. The lowest BCUT2D eigenvalue weighted by Crippen LogP contribution is -2.31. The maximum Gasteiger partial charge on any atom is 0.128 e. The summed E-state index contributed by atoms with van der Waals surface area (Å²) >= 11 is 0. The standard InChI is InChI=1S/C11H16N4O/c1-14(2)10-5-6-15(8-10)11-4-3-9(13-16)7-12-11/h3-4,7,10H,5-6,8H2,1-2H3/t10-/m0/s1. The van der Waals surface area contributed by atoms with E-state index in [9.17, 15) is 4.91 Å². The van der Waals surface area contributed by atoms with Gasteiger partial charge in [0.05, 0.1) is 6.20 Å². The molecule has 5 heteroatoms. The van der Waals surface area contributed by atoms with E-state index in [2.05, 4.69) is 34.1 Å². The van der Waals surface area contributed by atoms with E-state index >= 15 is 0 Å². The van der Waals surface area contributed by atoms with Gasteiger partial charge in [0.2, 0.25) is 0 Å². The summed E-state index contributed by atoms with van der Waals surface area (Å²) < 4.78 is 0. The van der Waals surface area contributed by atoms with Gasteiger partial charge in [-0.25, -0.2) is 4.98 Å². The summed E-state index contributed by atoms with van der Waals surface area (Å²) in [6.07, 6.45) is 2.67. The van der Waals surface area contributed by atoms with Crippen LogP contribution in [-0.4, -0.2) is 43.1 Å². The van der Waals surface area contributed by atoms with Crippen molar-refractivity contribution >= 4 is 11.5 Å². The van der Waals surface area contributed by atoms with Crippen molar-refractivity contribution in [1.29, 1.82) is 0 Å². The molecule has 1 atom stereocenters. The van der Waals surface area contributed by atoms with Gasteiger partial charge in [-0.3, -0.25) is 0 Å². The SMILES string of the molecule is CN(C)[C@H]1CCN(c2ccc(N=O)cn2)C1. The molecule has 1 aromatic rings. The molecule has 2 heterocycles. The highest BCUT2D eigenvalue weighted by Crippen LogP contribution is 2.21. The number of nitrogens with zero attached hydrogens (tertiary/aromatic N) is 4. The predicted molar refractivity (Wildman–Crippen MR) is 64.0 cm³/mol. The molecule has 0 aromatic carbocycles. The Hall–Kier alpha value is -1.49. The fraction of sp³-hybridized carbons (Fsp3) is 0.545. The number of hydrogen-bond acceptors (Lipinski definition) is 5. The van der Waals surface area contributed by atoms with Gasteiger partial charge in [0.15, 0.2) is 0 Å². The highest BCUT2D eigenvalue weighted by Gasteiger charge is 2.24. The Labute approximate surface area is 95.0 Å². The molecular formula is C11H16N4O. The van der Waals surface area contributed by atoms with Crippen LogP contribution in [0.1, 0.15) is 6.42 Å².